The number of nitrogens with one attached hydrogen (secondary N) is 4. The molecule has 2 unspecified atom stereocenters. The Bertz CT molecular complexity index is 2690. The van der Waals surface area contributed by atoms with Crippen molar-refractivity contribution < 1.29 is 58.6 Å². The van der Waals surface area contributed by atoms with Crippen LogP contribution >= 0.6 is 0 Å². The second-order valence-corrected chi connectivity index (χ2v) is 18.4. The van der Waals surface area contributed by atoms with E-state index in [0.717, 1.165) is 30.5 Å². The zero-order chi connectivity index (χ0) is 53.3. The number of carbonyl (C=O) groups is 6. The Hall–Kier alpha value is -6.57. The van der Waals surface area contributed by atoms with Crippen molar-refractivity contribution in [2.24, 2.45) is 0 Å². The van der Waals surface area contributed by atoms with E-state index in [1.54, 1.807) is 45.2 Å². The number of hydrogen-bond acceptors (Lipinski definition) is 12. The number of methoxy groups -OCH3 is 1. The summed E-state index contributed by atoms with van der Waals surface area (Å²) in [5.74, 6) is -2.94. The van der Waals surface area contributed by atoms with Crippen LogP contribution in [0.5, 0.6) is 0 Å². The number of nitrogens with zero attached hydrogens (tertiary/aromatic N) is 2. The molecule has 5 N–H and O–H groups in total. The first-order valence-electron chi connectivity index (χ1n) is 25.6. The highest BCUT2D eigenvalue weighted by Gasteiger charge is 2.40. The lowest BCUT2D eigenvalue weighted by Gasteiger charge is -2.19. The second-order valence-electron chi connectivity index (χ2n) is 18.4. The third kappa shape index (κ3) is 14.4. The Balaban J connectivity index is 0.0000104. The van der Waals surface area contributed by atoms with Crippen LogP contribution in [0, 0.1) is 19.7 Å². The van der Waals surface area contributed by atoms with E-state index in [1.807, 2.05) is 19.1 Å². The monoisotopic (exact) mass is 1020 g/mol. The number of carbonyl (C=O) groups excluding carboxylic acids is 6. The van der Waals surface area contributed by atoms with Crippen molar-refractivity contribution in [3.05, 3.63) is 105 Å². The lowest BCUT2D eigenvalue weighted by atomic mass is 9.93. The van der Waals surface area contributed by atoms with E-state index in [4.69, 9.17) is 18.9 Å². The molecule has 2 heterocycles. The van der Waals surface area contributed by atoms with Gasteiger partial charge in [0, 0.05) is 108 Å². The number of aryl methyl sites for hydroxylation is 1. The van der Waals surface area contributed by atoms with Gasteiger partial charge in [-0.3, -0.25) is 24.0 Å². The average molecular weight is 1030 g/mol. The fraction of sp³-hybridized carbons (Fsp3) is 0.464. The summed E-state index contributed by atoms with van der Waals surface area (Å²) in [6, 6.07) is 14.3. The summed E-state index contributed by atoms with van der Waals surface area (Å²) >= 11 is 0. The molecule has 6 rings (SSSR count). The number of H-pyrrole nitrogens is 1. The molecule has 0 bridgehead atoms. The molecule has 1 aliphatic carbocycles. The molecule has 5 amide bonds. The number of aromatic nitrogens is 1. The van der Waals surface area contributed by atoms with E-state index in [1.165, 1.54) is 18.2 Å². The Kier molecular flexibility index (Phi) is 21.2. The molecule has 2 aliphatic rings. The molecule has 0 radical (unpaired) electrons. The van der Waals surface area contributed by atoms with E-state index in [9.17, 15) is 38.3 Å². The largest absolute Gasteiger partial charge is 0.448 e. The van der Waals surface area contributed by atoms with E-state index < -0.39 is 23.7 Å². The maximum Gasteiger partial charge on any atom is 0.421 e. The molecule has 0 spiro atoms. The van der Waals surface area contributed by atoms with Crippen LogP contribution in [0.1, 0.15) is 127 Å². The molecule has 18 heteroatoms. The van der Waals surface area contributed by atoms with Gasteiger partial charge in [-0.2, -0.15) is 0 Å². The SMILES string of the molecule is CCN(CC)CCNC(=O)c1c(C)[nH]c(/C=C2\C(=O)N(C(=O)OCC3c4cc(NC(=O)CCCC(=O)NCCOCCCOC)ccc4-c4c(C(=O)CCCOC(C)CCO)cccc43)c3ccc(F)cc32)c1C.[HH]. The topological polar surface area (TPSA) is 218 Å². The number of halogens is 1. The number of rotatable bonds is 29. The predicted octanol–water partition coefficient (Wildman–Crippen LogP) is 7.95. The fourth-order valence-corrected chi connectivity index (χ4v) is 9.37. The van der Waals surface area contributed by atoms with Crippen molar-refractivity contribution in [2.75, 3.05) is 89.7 Å². The van der Waals surface area contributed by atoms with Gasteiger partial charge in [-0.25, -0.2) is 14.1 Å². The van der Waals surface area contributed by atoms with Gasteiger partial charge in [0.05, 0.1) is 29.5 Å². The van der Waals surface area contributed by atoms with Gasteiger partial charge in [0.1, 0.15) is 12.4 Å². The number of amides is 5. The summed E-state index contributed by atoms with van der Waals surface area (Å²) in [4.78, 5) is 87.9. The minimum atomic E-state index is -1.01. The number of ether oxygens (including phenoxy) is 4. The zero-order valence-electron chi connectivity index (χ0n) is 43.5. The first kappa shape index (κ1) is 56.7. The highest BCUT2D eigenvalue weighted by Crippen LogP contribution is 2.48. The van der Waals surface area contributed by atoms with E-state index in [-0.39, 0.29) is 80.3 Å². The number of aromatic amines is 1. The number of fused-ring (bicyclic) bond motifs is 4. The summed E-state index contributed by atoms with van der Waals surface area (Å²) in [6.07, 6.45) is 2.74. The number of benzene rings is 3. The Morgan fingerprint density at radius 1 is 0.892 bits per heavy atom. The summed E-state index contributed by atoms with van der Waals surface area (Å²) in [7, 11) is 1.62. The lowest BCUT2D eigenvalue weighted by molar-refractivity contribution is -0.121. The van der Waals surface area contributed by atoms with E-state index in [0.29, 0.717) is 121 Å². The van der Waals surface area contributed by atoms with E-state index >= 15 is 0 Å². The number of hydrogen-bond donors (Lipinski definition) is 5. The van der Waals surface area contributed by atoms with Gasteiger partial charge in [-0.05, 0) is 124 Å². The number of Topliss-reactive ketones (excluding diaryl/α,β-unsaturated/α-hetero) is 1. The molecule has 1 aromatic heterocycles. The van der Waals surface area contributed by atoms with Crippen molar-refractivity contribution in [1.29, 1.82) is 0 Å². The molecule has 0 saturated carbocycles. The molecule has 3 aromatic carbocycles. The number of ketones is 1. The van der Waals surface area contributed by atoms with Gasteiger partial charge in [0.2, 0.25) is 11.8 Å². The summed E-state index contributed by atoms with van der Waals surface area (Å²) in [6.45, 7) is 14.2. The van der Waals surface area contributed by atoms with Gasteiger partial charge in [0.25, 0.3) is 11.8 Å². The van der Waals surface area contributed by atoms with Crippen LogP contribution in [0.25, 0.3) is 22.8 Å². The van der Waals surface area contributed by atoms with Crippen LogP contribution in [0.4, 0.5) is 20.6 Å². The molecule has 17 nitrogen and oxygen atoms in total. The van der Waals surface area contributed by atoms with Gasteiger partial charge in [0.15, 0.2) is 5.78 Å². The summed E-state index contributed by atoms with van der Waals surface area (Å²) in [5.41, 5.74) is 5.94. The van der Waals surface area contributed by atoms with Crippen molar-refractivity contribution in [3.8, 4) is 11.1 Å². The van der Waals surface area contributed by atoms with Gasteiger partial charge in [-0.1, -0.05) is 38.1 Å². The Morgan fingerprint density at radius 2 is 1.68 bits per heavy atom. The maximum atomic E-state index is 14.9. The minimum Gasteiger partial charge on any atom is -0.448 e. The summed E-state index contributed by atoms with van der Waals surface area (Å²) in [5, 5.41) is 18.0. The molecular weight excluding hydrogens is 952 g/mol. The molecule has 74 heavy (non-hydrogen) atoms. The Labute approximate surface area is 434 Å². The van der Waals surface area contributed by atoms with Gasteiger partial charge >= 0.3 is 6.09 Å². The van der Waals surface area contributed by atoms with Crippen LogP contribution < -0.4 is 20.9 Å². The van der Waals surface area contributed by atoms with Gasteiger partial charge < -0.3 is 49.9 Å². The van der Waals surface area contributed by atoms with Crippen molar-refractivity contribution in [2.45, 2.75) is 91.6 Å². The minimum absolute atomic E-state index is 0. The number of aliphatic hydroxyl groups is 1. The predicted molar refractivity (Wildman–Crippen MR) is 283 cm³/mol. The smallest absolute Gasteiger partial charge is 0.421 e. The van der Waals surface area contributed by atoms with E-state index in [2.05, 4.69) is 39.7 Å². The maximum absolute atomic E-state index is 14.9. The molecule has 4 aromatic rings. The average Bonchev–Trinajstić information content (AvgIpc) is 3.96. The molecule has 0 fully saturated rings. The first-order valence-corrected chi connectivity index (χ1v) is 25.6. The molecule has 2 atom stereocenters. The fourth-order valence-electron chi connectivity index (χ4n) is 9.37. The van der Waals surface area contributed by atoms with Crippen LogP contribution in [-0.4, -0.2) is 136 Å². The normalized spacial score (nSPS) is 14.5. The second kappa shape index (κ2) is 27.6. The highest BCUT2D eigenvalue weighted by molar-refractivity contribution is 6.41. The van der Waals surface area contributed by atoms with Crippen LogP contribution in [0.3, 0.4) is 0 Å². The van der Waals surface area contributed by atoms with Gasteiger partial charge in [-0.15, -0.1) is 0 Å². The highest BCUT2D eigenvalue weighted by atomic mass is 19.1. The van der Waals surface area contributed by atoms with Crippen molar-refractivity contribution >= 4 is 58.5 Å². The van der Waals surface area contributed by atoms with Crippen LogP contribution in [0.15, 0.2) is 54.6 Å². The Morgan fingerprint density at radius 3 is 2.43 bits per heavy atom. The standard InChI is InChI=1S/C56H71FN6O11.H2/c1-7-62(8-2)25-23-59-54(68)52-36(4)47(60-37(52)5)33-45-44-31-38(57)18-21-48(44)63(55(45)69)56(70)74-34-46-40-13-9-14-42(49(65)15-11-29-73-35(3)22-26-64)53(40)41-20-19-39(32-43(41)46)61-51(67)17-10-16-50(66)58-24-30-72-28-12-27-71-6;/h9,13-14,18-21,31-33,35,46,60,64H,7-8,10-12,15-17,22-30,34H2,1-6H3,(H,58,66)(H,59,68)(H,61,67);1H/b45-33-;. The third-order valence-corrected chi connectivity index (χ3v) is 13.3. The number of likely N-dealkylation sites (N-methyl/N-ethyl adjacent to an activating group) is 1. The number of anilines is 2. The molecule has 400 valence electrons. The zero-order valence-corrected chi connectivity index (χ0v) is 43.5. The number of imide groups is 1. The quantitative estimate of drug-likeness (QED) is 0.0199. The van der Waals surface area contributed by atoms with Crippen molar-refractivity contribution in [3.63, 3.8) is 0 Å². The molecule has 0 saturated heterocycles. The van der Waals surface area contributed by atoms with Crippen molar-refractivity contribution in [1.82, 2.24) is 20.5 Å². The third-order valence-electron chi connectivity index (χ3n) is 13.3. The first-order chi connectivity index (χ1) is 35.7. The molecule has 1 aliphatic heterocycles. The summed E-state index contributed by atoms with van der Waals surface area (Å²) < 4.78 is 37.2. The molecular formula is C56H73FN6O11. The number of aliphatic hydroxyl groups excluding tert-OH is 1. The van der Waals surface area contributed by atoms with Crippen LogP contribution in [0.2, 0.25) is 0 Å². The van der Waals surface area contributed by atoms with Crippen LogP contribution in [-0.2, 0) is 33.3 Å². The lowest BCUT2D eigenvalue weighted by Crippen LogP contribution is -2.35.